The Morgan fingerprint density at radius 1 is 1.50 bits per heavy atom. The molecule has 118 valence electrons. The number of nitrogens with one attached hydrogen (secondary N) is 2. The molecule has 1 fully saturated rings. The van der Waals surface area contributed by atoms with Crippen molar-refractivity contribution in [3.8, 4) is 6.07 Å². The minimum atomic E-state index is -0.289. The fraction of sp³-hybridized carbons (Fsp3) is 0.500. The second-order valence-corrected chi connectivity index (χ2v) is 5.85. The quantitative estimate of drug-likeness (QED) is 0.811. The van der Waals surface area contributed by atoms with E-state index >= 15 is 0 Å². The standard InChI is InChI=1S/C14H18N4O3S/c1-2-21-14(20)18-6-4-17(5-7-18)10-12(19)16-13-11(9-15)3-8-22-13/h3,8H,2,4-7,10H2,1H3,(H,16,19)/p+1. The second kappa shape index (κ2) is 7.77. The summed E-state index contributed by atoms with van der Waals surface area (Å²) in [4.78, 5) is 26.4. The summed E-state index contributed by atoms with van der Waals surface area (Å²) in [6.07, 6.45) is -0.289. The molecule has 2 N–H and O–H groups in total. The van der Waals surface area contributed by atoms with Crippen LogP contribution in [0.5, 0.6) is 0 Å². The van der Waals surface area contributed by atoms with Crippen LogP contribution in [0.1, 0.15) is 12.5 Å². The van der Waals surface area contributed by atoms with Crippen molar-refractivity contribution < 1.29 is 19.2 Å². The topological polar surface area (TPSA) is 86.9 Å². The molecule has 2 rings (SSSR count). The van der Waals surface area contributed by atoms with Gasteiger partial charge >= 0.3 is 6.09 Å². The third-order valence-corrected chi connectivity index (χ3v) is 4.28. The Bertz CT molecular complexity index is 573. The normalized spacial score (nSPS) is 15.2. The summed E-state index contributed by atoms with van der Waals surface area (Å²) in [5.74, 6) is -0.112. The highest BCUT2D eigenvalue weighted by Crippen LogP contribution is 2.21. The summed E-state index contributed by atoms with van der Waals surface area (Å²) < 4.78 is 4.96. The predicted molar refractivity (Wildman–Crippen MR) is 81.8 cm³/mol. The van der Waals surface area contributed by atoms with E-state index in [1.165, 1.54) is 11.3 Å². The van der Waals surface area contributed by atoms with Crippen LogP contribution in [0.2, 0.25) is 0 Å². The number of ether oxygens (including phenoxy) is 1. The number of amides is 2. The van der Waals surface area contributed by atoms with E-state index in [-0.39, 0.29) is 12.0 Å². The van der Waals surface area contributed by atoms with Gasteiger partial charge in [0.25, 0.3) is 5.91 Å². The first kappa shape index (κ1) is 16.3. The van der Waals surface area contributed by atoms with Gasteiger partial charge in [-0.25, -0.2) is 4.79 Å². The van der Waals surface area contributed by atoms with Crippen LogP contribution in [0.3, 0.4) is 0 Å². The van der Waals surface area contributed by atoms with Gasteiger partial charge in [0.2, 0.25) is 0 Å². The highest BCUT2D eigenvalue weighted by atomic mass is 32.1. The Morgan fingerprint density at radius 2 is 2.23 bits per heavy atom. The number of anilines is 1. The Kier molecular flexibility index (Phi) is 5.75. The maximum Gasteiger partial charge on any atom is 0.410 e. The van der Waals surface area contributed by atoms with Crippen LogP contribution in [0.4, 0.5) is 9.80 Å². The number of piperazine rings is 1. The van der Waals surface area contributed by atoms with Gasteiger partial charge in [0.15, 0.2) is 6.54 Å². The largest absolute Gasteiger partial charge is 0.450 e. The lowest BCUT2D eigenvalue weighted by Gasteiger charge is -2.31. The van der Waals surface area contributed by atoms with Crippen molar-refractivity contribution in [2.75, 3.05) is 44.6 Å². The molecule has 2 amide bonds. The first-order chi connectivity index (χ1) is 10.6. The van der Waals surface area contributed by atoms with Gasteiger partial charge in [-0.15, -0.1) is 11.3 Å². The molecule has 0 aliphatic carbocycles. The Morgan fingerprint density at radius 3 is 2.86 bits per heavy atom. The van der Waals surface area contributed by atoms with Crippen molar-refractivity contribution in [3.05, 3.63) is 17.0 Å². The molecule has 1 saturated heterocycles. The van der Waals surface area contributed by atoms with Crippen LogP contribution in [-0.4, -0.2) is 56.2 Å². The van der Waals surface area contributed by atoms with Gasteiger partial charge in [-0.05, 0) is 18.4 Å². The lowest BCUT2D eigenvalue weighted by atomic mass is 10.3. The predicted octanol–water partition coefficient (Wildman–Crippen LogP) is -0.0847. The first-order valence-electron chi connectivity index (χ1n) is 7.16. The zero-order chi connectivity index (χ0) is 15.9. The molecular weight excluding hydrogens is 304 g/mol. The van der Waals surface area contributed by atoms with Gasteiger partial charge in [-0.3, -0.25) is 9.69 Å². The van der Waals surface area contributed by atoms with E-state index < -0.39 is 0 Å². The molecule has 1 aliphatic rings. The minimum Gasteiger partial charge on any atom is -0.450 e. The van der Waals surface area contributed by atoms with Crippen molar-refractivity contribution in [1.82, 2.24) is 4.90 Å². The average Bonchev–Trinajstić information content (AvgIpc) is 2.95. The Labute approximate surface area is 133 Å². The van der Waals surface area contributed by atoms with Crippen molar-refractivity contribution in [1.29, 1.82) is 5.26 Å². The van der Waals surface area contributed by atoms with Crippen LogP contribution >= 0.6 is 11.3 Å². The number of hydrogen-bond donors (Lipinski definition) is 2. The minimum absolute atomic E-state index is 0.112. The zero-order valence-electron chi connectivity index (χ0n) is 12.4. The average molecular weight is 323 g/mol. The van der Waals surface area contributed by atoms with Crippen LogP contribution in [0.25, 0.3) is 0 Å². The fourth-order valence-electron chi connectivity index (χ4n) is 2.29. The van der Waals surface area contributed by atoms with Gasteiger partial charge in [-0.1, -0.05) is 0 Å². The first-order valence-corrected chi connectivity index (χ1v) is 8.04. The number of rotatable bonds is 4. The third-order valence-electron chi connectivity index (χ3n) is 3.45. The summed E-state index contributed by atoms with van der Waals surface area (Å²) in [6, 6.07) is 3.73. The molecule has 1 aromatic heterocycles. The molecule has 0 saturated carbocycles. The van der Waals surface area contributed by atoms with E-state index in [2.05, 4.69) is 5.32 Å². The molecule has 0 spiro atoms. The maximum absolute atomic E-state index is 12.0. The lowest BCUT2D eigenvalue weighted by molar-refractivity contribution is -0.895. The van der Waals surface area contributed by atoms with Crippen molar-refractivity contribution >= 4 is 28.3 Å². The summed E-state index contributed by atoms with van der Waals surface area (Å²) in [5, 5.41) is 14.1. The molecule has 8 heteroatoms. The Balaban J connectivity index is 1.77. The summed E-state index contributed by atoms with van der Waals surface area (Å²) in [6.45, 7) is 5.08. The van der Waals surface area contributed by atoms with E-state index in [1.807, 2.05) is 6.07 Å². The number of quaternary nitrogens is 1. The van der Waals surface area contributed by atoms with E-state index in [1.54, 1.807) is 23.3 Å². The van der Waals surface area contributed by atoms with E-state index in [0.29, 0.717) is 49.9 Å². The van der Waals surface area contributed by atoms with Gasteiger partial charge in [0.1, 0.15) is 11.1 Å². The summed E-state index contributed by atoms with van der Waals surface area (Å²) >= 11 is 1.34. The molecule has 0 unspecified atom stereocenters. The van der Waals surface area contributed by atoms with Crippen LogP contribution in [-0.2, 0) is 9.53 Å². The lowest BCUT2D eigenvalue weighted by Crippen LogP contribution is -3.15. The molecule has 0 bridgehead atoms. The fourth-order valence-corrected chi connectivity index (χ4v) is 3.04. The number of thiophene rings is 1. The molecular formula is C14H19N4O3S+. The summed E-state index contributed by atoms with van der Waals surface area (Å²) in [5.41, 5.74) is 0.487. The van der Waals surface area contributed by atoms with Gasteiger partial charge in [-0.2, -0.15) is 5.26 Å². The maximum atomic E-state index is 12.0. The van der Waals surface area contributed by atoms with E-state index in [9.17, 15) is 9.59 Å². The van der Waals surface area contributed by atoms with Crippen LogP contribution in [0.15, 0.2) is 11.4 Å². The summed E-state index contributed by atoms with van der Waals surface area (Å²) in [7, 11) is 0. The third kappa shape index (κ3) is 4.19. The number of carbonyl (C=O) groups is 2. The van der Waals surface area contributed by atoms with Crippen molar-refractivity contribution in [2.24, 2.45) is 0 Å². The molecule has 7 nitrogen and oxygen atoms in total. The van der Waals surface area contributed by atoms with E-state index in [4.69, 9.17) is 10.00 Å². The highest BCUT2D eigenvalue weighted by Gasteiger charge is 2.26. The van der Waals surface area contributed by atoms with Crippen LogP contribution < -0.4 is 10.2 Å². The van der Waals surface area contributed by atoms with Gasteiger partial charge < -0.3 is 15.0 Å². The zero-order valence-corrected chi connectivity index (χ0v) is 13.2. The highest BCUT2D eigenvalue weighted by molar-refractivity contribution is 7.14. The molecule has 0 radical (unpaired) electrons. The molecule has 22 heavy (non-hydrogen) atoms. The molecule has 2 heterocycles. The van der Waals surface area contributed by atoms with Crippen molar-refractivity contribution in [3.63, 3.8) is 0 Å². The van der Waals surface area contributed by atoms with Crippen molar-refractivity contribution in [2.45, 2.75) is 6.92 Å². The molecule has 1 aromatic rings. The van der Waals surface area contributed by atoms with E-state index in [0.717, 1.165) is 4.90 Å². The van der Waals surface area contributed by atoms with Crippen LogP contribution in [0, 0.1) is 11.3 Å². The molecule has 0 aromatic carbocycles. The molecule has 0 atom stereocenters. The Hall–Kier alpha value is -2.11. The number of hydrogen-bond acceptors (Lipinski definition) is 5. The number of nitriles is 1. The van der Waals surface area contributed by atoms with Gasteiger partial charge in [0, 0.05) is 0 Å². The smallest absolute Gasteiger partial charge is 0.410 e. The monoisotopic (exact) mass is 323 g/mol. The second-order valence-electron chi connectivity index (χ2n) is 4.94. The SMILES string of the molecule is CCOC(=O)N1CC[NH+](CC(=O)Nc2sccc2C#N)CC1. The van der Waals surface area contributed by atoms with Gasteiger partial charge in [0.05, 0.1) is 38.3 Å². The number of nitrogens with zero attached hydrogens (tertiary/aromatic N) is 2. The number of carbonyl (C=O) groups excluding carboxylic acids is 2. The molecule has 1 aliphatic heterocycles.